The number of alkyl carbamates (subject to hydrolysis) is 1. The number of hydrogen-bond donors (Lipinski definition) is 1. The predicted molar refractivity (Wildman–Crippen MR) is 107 cm³/mol. The van der Waals surface area contributed by atoms with Crippen LogP contribution in [0.2, 0.25) is 0 Å². The Morgan fingerprint density at radius 2 is 1.79 bits per heavy atom. The number of rotatable bonds is 6. The van der Waals surface area contributed by atoms with Gasteiger partial charge >= 0.3 is 6.09 Å². The second-order valence-electron chi connectivity index (χ2n) is 7.05. The number of carbonyl (C=O) groups excluding carboxylic acids is 2. The highest BCUT2D eigenvalue weighted by atomic mass is 16.5. The molecule has 2 aromatic carbocycles. The van der Waals surface area contributed by atoms with Gasteiger partial charge in [-0.05, 0) is 23.3 Å². The van der Waals surface area contributed by atoms with Gasteiger partial charge in [-0.2, -0.15) is 0 Å². The van der Waals surface area contributed by atoms with Crippen molar-refractivity contribution in [3.8, 4) is 0 Å². The van der Waals surface area contributed by atoms with Crippen molar-refractivity contribution >= 4 is 12.0 Å². The molecule has 0 aliphatic carbocycles. The Hall–Kier alpha value is -3.61. The summed E-state index contributed by atoms with van der Waals surface area (Å²) in [5.41, 5.74) is 2.68. The van der Waals surface area contributed by atoms with Crippen LogP contribution in [-0.2, 0) is 17.9 Å². The number of hydrogen-bond acceptors (Lipinski definition) is 4. The summed E-state index contributed by atoms with van der Waals surface area (Å²) in [6, 6.07) is 17.0. The molecule has 1 aromatic heterocycles. The maximum absolute atomic E-state index is 12.6. The molecule has 0 unspecified atom stereocenters. The van der Waals surface area contributed by atoms with E-state index in [1.807, 2.05) is 65.4 Å². The minimum atomic E-state index is -0.463. The first-order chi connectivity index (χ1) is 14.2. The SMILES string of the molecule is O=C(NC1CN(C(=O)c2ccc(Cn3ccnc3)cc2)C1)OCc1ccccc1. The third-order valence-corrected chi connectivity index (χ3v) is 4.83. The standard InChI is InChI=1S/C22H22N4O3/c27-21(19-8-6-17(7-9-19)12-25-11-10-23-16-25)26-13-20(14-26)24-22(28)29-15-18-4-2-1-3-5-18/h1-11,16,20H,12-15H2,(H,24,28). The Balaban J connectivity index is 1.21. The highest BCUT2D eigenvalue weighted by Gasteiger charge is 2.32. The summed E-state index contributed by atoms with van der Waals surface area (Å²) in [5.74, 6) is -0.0325. The van der Waals surface area contributed by atoms with Crippen LogP contribution in [0, 0.1) is 0 Å². The second-order valence-corrected chi connectivity index (χ2v) is 7.05. The lowest BCUT2D eigenvalue weighted by Crippen LogP contribution is -2.61. The van der Waals surface area contributed by atoms with Gasteiger partial charge in [0, 0.05) is 37.6 Å². The molecule has 0 saturated carbocycles. The van der Waals surface area contributed by atoms with E-state index in [-0.39, 0.29) is 18.6 Å². The number of imidazole rings is 1. The Labute approximate surface area is 168 Å². The van der Waals surface area contributed by atoms with Crippen LogP contribution in [0.15, 0.2) is 73.3 Å². The molecule has 2 heterocycles. The van der Waals surface area contributed by atoms with Gasteiger partial charge in [0.25, 0.3) is 5.91 Å². The minimum absolute atomic E-state index is 0.0325. The predicted octanol–water partition coefficient (Wildman–Crippen LogP) is 2.68. The van der Waals surface area contributed by atoms with E-state index >= 15 is 0 Å². The van der Waals surface area contributed by atoms with E-state index in [9.17, 15) is 9.59 Å². The summed E-state index contributed by atoms with van der Waals surface area (Å²) < 4.78 is 7.18. The first-order valence-corrected chi connectivity index (χ1v) is 9.48. The van der Waals surface area contributed by atoms with Crippen molar-refractivity contribution in [2.45, 2.75) is 19.2 Å². The summed E-state index contributed by atoms with van der Waals surface area (Å²) >= 11 is 0. The maximum Gasteiger partial charge on any atom is 0.407 e. The third kappa shape index (κ3) is 4.82. The number of amides is 2. The number of nitrogens with zero attached hydrogens (tertiary/aromatic N) is 3. The van der Waals surface area contributed by atoms with Crippen LogP contribution in [0.1, 0.15) is 21.5 Å². The van der Waals surface area contributed by atoms with Crippen molar-refractivity contribution in [1.29, 1.82) is 0 Å². The number of aromatic nitrogens is 2. The molecule has 0 atom stereocenters. The summed E-state index contributed by atoms with van der Waals surface area (Å²) in [7, 11) is 0. The topological polar surface area (TPSA) is 76.5 Å². The van der Waals surface area contributed by atoms with Gasteiger partial charge in [0.05, 0.1) is 12.4 Å². The van der Waals surface area contributed by atoms with Gasteiger partial charge in [0.2, 0.25) is 0 Å². The fourth-order valence-corrected chi connectivity index (χ4v) is 3.19. The molecule has 1 aliphatic rings. The average Bonchev–Trinajstić information content (AvgIpc) is 3.23. The smallest absolute Gasteiger partial charge is 0.407 e. The van der Waals surface area contributed by atoms with Crippen LogP contribution in [0.4, 0.5) is 4.79 Å². The summed E-state index contributed by atoms with van der Waals surface area (Å²) in [6.07, 6.45) is 4.94. The van der Waals surface area contributed by atoms with Crippen LogP contribution >= 0.6 is 0 Å². The van der Waals surface area contributed by atoms with E-state index in [2.05, 4.69) is 10.3 Å². The largest absolute Gasteiger partial charge is 0.445 e. The first kappa shape index (κ1) is 18.7. The molecule has 3 aromatic rings. The fourth-order valence-electron chi connectivity index (χ4n) is 3.19. The van der Waals surface area contributed by atoms with Gasteiger partial charge in [0.1, 0.15) is 6.61 Å². The summed E-state index contributed by atoms with van der Waals surface area (Å²) in [4.78, 5) is 30.2. The Bertz CT molecular complexity index is 949. The molecule has 0 spiro atoms. The van der Waals surface area contributed by atoms with Crippen LogP contribution in [0.5, 0.6) is 0 Å². The first-order valence-electron chi connectivity index (χ1n) is 9.48. The van der Waals surface area contributed by atoms with E-state index < -0.39 is 6.09 Å². The summed E-state index contributed by atoms with van der Waals surface area (Å²) in [5, 5.41) is 2.79. The van der Waals surface area contributed by atoms with Gasteiger partial charge in [-0.25, -0.2) is 9.78 Å². The molecule has 1 N–H and O–H groups in total. The van der Waals surface area contributed by atoms with E-state index in [1.54, 1.807) is 17.4 Å². The van der Waals surface area contributed by atoms with Gasteiger partial charge in [-0.15, -0.1) is 0 Å². The Kier molecular flexibility index (Phi) is 5.56. The van der Waals surface area contributed by atoms with E-state index in [4.69, 9.17) is 4.74 Å². The van der Waals surface area contributed by atoms with Crippen LogP contribution in [0.25, 0.3) is 0 Å². The number of likely N-dealkylation sites (tertiary alicyclic amines) is 1. The lowest BCUT2D eigenvalue weighted by atomic mass is 10.1. The van der Waals surface area contributed by atoms with Gasteiger partial charge in [-0.3, -0.25) is 4.79 Å². The molecule has 0 radical (unpaired) electrons. The second kappa shape index (κ2) is 8.60. The van der Waals surface area contributed by atoms with E-state index in [1.165, 1.54) is 0 Å². The molecule has 148 valence electrons. The molecule has 2 amide bonds. The normalized spacial score (nSPS) is 13.6. The highest BCUT2D eigenvalue weighted by molar-refractivity contribution is 5.95. The van der Waals surface area contributed by atoms with Crippen molar-refractivity contribution in [3.05, 3.63) is 90.0 Å². The average molecular weight is 390 g/mol. The van der Waals surface area contributed by atoms with Gasteiger partial charge in [0.15, 0.2) is 0 Å². The monoisotopic (exact) mass is 390 g/mol. The summed E-state index contributed by atoms with van der Waals surface area (Å²) in [6.45, 7) is 1.91. The third-order valence-electron chi connectivity index (χ3n) is 4.83. The highest BCUT2D eigenvalue weighted by Crippen LogP contribution is 2.15. The zero-order valence-corrected chi connectivity index (χ0v) is 15.9. The maximum atomic E-state index is 12.6. The molecular weight excluding hydrogens is 368 g/mol. The van der Waals surface area contributed by atoms with Crippen LogP contribution in [0.3, 0.4) is 0 Å². The van der Waals surface area contributed by atoms with E-state index in [0.717, 1.165) is 17.7 Å². The van der Waals surface area contributed by atoms with Crippen molar-refractivity contribution in [1.82, 2.24) is 19.8 Å². The molecule has 29 heavy (non-hydrogen) atoms. The molecule has 7 heteroatoms. The lowest BCUT2D eigenvalue weighted by Gasteiger charge is -2.39. The zero-order chi connectivity index (χ0) is 20.1. The molecule has 1 fully saturated rings. The number of benzene rings is 2. The van der Waals surface area contributed by atoms with E-state index in [0.29, 0.717) is 18.7 Å². The van der Waals surface area contributed by atoms with Gasteiger partial charge in [-0.1, -0.05) is 42.5 Å². The minimum Gasteiger partial charge on any atom is -0.445 e. The molecular formula is C22H22N4O3. The molecule has 7 nitrogen and oxygen atoms in total. The van der Waals surface area contributed by atoms with Gasteiger partial charge < -0.3 is 19.5 Å². The van der Waals surface area contributed by atoms with Crippen molar-refractivity contribution in [2.75, 3.05) is 13.1 Å². The lowest BCUT2D eigenvalue weighted by molar-refractivity contribution is 0.0545. The molecule has 1 saturated heterocycles. The van der Waals surface area contributed by atoms with Crippen LogP contribution in [-0.4, -0.2) is 45.6 Å². The van der Waals surface area contributed by atoms with Crippen molar-refractivity contribution < 1.29 is 14.3 Å². The quantitative estimate of drug-likeness (QED) is 0.702. The van der Waals surface area contributed by atoms with Crippen LogP contribution < -0.4 is 5.32 Å². The fraction of sp³-hybridized carbons (Fsp3) is 0.227. The van der Waals surface area contributed by atoms with Crippen molar-refractivity contribution in [3.63, 3.8) is 0 Å². The Morgan fingerprint density at radius 3 is 2.48 bits per heavy atom. The number of nitrogens with one attached hydrogen (secondary N) is 1. The number of carbonyl (C=O) groups is 2. The number of ether oxygens (including phenoxy) is 1. The van der Waals surface area contributed by atoms with Crippen molar-refractivity contribution in [2.24, 2.45) is 0 Å². The zero-order valence-electron chi connectivity index (χ0n) is 15.9. The molecule has 0 bridgehead atoms. The Morgan fingerprint density at radius 1 is 1.03 bits per heavy atom. The molecule has 4 rings (SSSR count). The molecule has 1 aliphatic heterocycles.